The largest absolute Gasteiger partial charge is 0.330 e. The van der Waals surface area contributed by atoms with Gasteiger partial charge in [-0.05, 0) is 55.6 Å². The third-order valence-corrected chi connectivity index (χ3v) is 3.16. The first kappa shape index (κ1) is 14.1. The highest BCUT2D eigenvalue weighted by molar-refractivity contribution is 5.16. The molecular weight excluding hydrogens is 215 g/mol. The molecule has 1 aromatic rings. The molecule has 3 N–H and O–H groups in total. The van der Waals surface area contributed by atoms with Crippen LogP contribution in [0.1, 0.15) is 19.4 Å². The molecule has 1 rings (SSSR count). The van der Waals surface area contributed by atoms with Gasteiger partial charge >= 0.3 is 0 Å². The van der Waals surface area contributed by atoms with Gasteiger partial charge in [-0.2, -0.15) is 0 Å². The fourth-order valence-corrected chi connectivity index (χ4v) is 1.76. The molecule has 3 heteroatoms. The second-order valence-electron chi connectivity index (χ2n) is 4.82. The van der Waals surface area contributed by atoms with Gasteiger partial charge in [-0.25, -0.2) is 4.39 Å². The first-order valence-corrected chi connectivity index (χ1v) is 6.28. The summed E-state index contributed by atoms with van der Waals surface area (Å²) < 4.78 is 12.7. The molecule has 96 valence electrons. The van der Waals surface area contributed by atoms with Crippen molar-refractivity contribution >= 4 is 0 Å². The first-order chi connectivity index (χ1) is 8.13. The number of hydrogen-bond donors (Lipinski definition) is 2. The summed E-state index contributed by atoms with van der Waals surface area (Å²) in [4.78, 5) is 0. The van der Waals surface area contributed by atoms with Crippen molar-refractivity contribution < 1.29 is 4.39 Å². The molecule has 0 bridgehead atoms. The molecule has 0 aliphatic rings. The SMILES string of the molecule is CC(C)C(CN)CNCCc1ccc(F)cc1. The van der Waals surface area contributed by atoms with Crippen molar-refractivity contribution in [1.29, 1.82) is 0 Å². The van der Waals surface area contributed by atoms with Gasteiger partial charge in [0.1, 0.15) is 5.82 Å². The number of nitrogens with one attached hydrogen (secondary N) is 1. The van der Waals surface area contributed by atoms with Crippen LogP contribution in [0.4, 0.5) is 4.39 Å². The van der Waals surface area contributed by atoms with Crippen molar-refractivity contribution in [3.8, 4) is 0 Å². The Labute approximate surface area is 103 Å². The summed E-state index contributed by atoms with van der Waals surface area (Å²) in [6.45, 7) is 6.98. The minimum absolute atomic E-state index is 0.176. The molecule has 2 nitrogen and oxygen atoms in total. The fraction of sp³-hybridized carbons (Fsp3) is 0.571. The lowest BCUT2D eigenvalue weighted by molar-refractivity contribution is 0.372. The zero-order valence-corrected chi connectivity index (χ0v) is 10.7. The van der Waals surface area contributed by atoms with Crippen LogP contribution in [-0.2, 0) is 6.42 Å². The van der Waals surface area contributed by atoms with E-state index >= 15 is 0 Å². The van der Waals surface area contributed by atoms with E-state index in [-0.39, 0.29) is 5.82 Å². The number of hydrogen-bond acceptors (Lipinski definition) is 2. The fourth-order valence-electron chi connectivity index (χ4n) is 1.76. The van der Waals surface area contributed by atoms with Crippen molar-refractivity contribution in [2.24, 2.45) is 17.6 Å². The van der Waals surface area contributed by atoms with Gasteiger partial charge < -0.3 is 11.1 Å². The standard InChI is InChI=1S/C14H23FN2/c1-11(2)13(9-16)10-17-8-7-12-3-5-14(15)6-4-12/h3-6,11,13,17H,7-10,16H2,1-2H3. The van der Waals surface area contributed by atoms with E-state index in [1.54, 1.807) is 0 Å². The van der Waals surface area contributed by atoms with Gasteiger partial charge in [0.2, 0.25) is 0 Å². The van der Waals surface area contributed by atoms with Crippen molar-refractivity contribution in [1.82, 2.24) is 5.32 Å². The molecule has 17 heavy (non-hydrogen) atoms. The molecular formula is C14H23FN2. The van der Waals surface area contributed by atoms with E-state index in [4.69, 9.17) is 5.73 Å². The molecule has 0 saturated heterocycles. The summed E-state index contributed by atoms with van der Waals surface area (Å²) in [5.74, 6) is 0.964. The lowest BCUT2D eigenvalue weighted by Gasteiger charge is -2.19. The van der Waals surface area contributed by atoms with Crippen LogP contribution in [0.2, 0.25) is 0 Å². The smallest absolute Gasteiger partial charge is 0.123 e. The van der Waals surface area contributed by atoms with E-state index in [2.05, 4.69) is 19.2 Å². The molecule has 0 heterocycles. The lowest BCUT2D eigenvalue weighted by atomic mass is 9.96. The second-order valence-corrected chi connectivity index (χ2v) is 4.82. The van der Waals surface area contributed by atoms with Crippen LogP contribution in [0.3, 0.4) is 0 Å². The highest BCUT2D eigenvalue weighted by atomic mass is 19.1. The van der Waals surface area contributed by atoms with Gasteiger partial charge in [0, 0.05) is 0 Å². The first-order valence-electron chi connectivity index (χ1n) is 6.28. The van der Waals surface area contributed by atoms with E-state index < -0.39 is 0 Å². The zero-order chi connectivity index (χ0) is 12.7. The quantitative estimate of drug-likeness (QED) is 0.715. The van der Waals surface area contributed by atoms with Gasteiger partial charge in [-0.15, -0.1) is 0 Å². The Morgan fingerprint density at radius 2 is 1.88 bits per heavy atom. The summed E-state index contributed by atoms with van der Waals surface area (Å²) in [5, 5.41) is 3.41. The number of rotatable bonds is 7. The maximum atomic E-state index is 12.7. The minimum Gasteiger partial charge on any atom is -0.330 e. The molecule has 1 unspecified atom stereocenters. The summed E-state index contributed by atoms with van der Waals surface area (Å²) in [5.41, 5.74) is 6.86. The van der Waals surface area contributed by atoms with Crippen molar-refractivity contribution in [3.05, 3.63) is 35.6 Å². The Morgan fingerprint density at radius 3 is 2.41 bits per heavy atom. The van der Waals surface area contributed by atoms with E-state index in [1.807, 2.05) is 12.1 Å². The van der Waals surface area contributed by atoms with Gasteiger partial charge in [0.25, 0.3) is 0 Å². The van der Waals surface area contributed by atoms with E-state index in [9.17, 15) is 4.39 Å². The van der Waals surface area contributed by atoms with Gasteiger partial charge in [-0.3, -0.25) is 0 Å². The topological polar surface area (TPSA) is 38.0 Å². The van der Waals surface area contributed by atoms with Crippen LogP contribution >= 0.6 is 0 Å². The minimum atomic E-state index is -0.176. The van der Waals surface area contributed by atoms with E-state index in [0.29, 0.717) is 11.8 Å². The maximum Gasteiger partial charge on any atom is 0.123 e. The third-order valence-electron chi connectivity index (χ3n) is 3.16. The molecule has 0 saturated carbocycles. The molecule has 0 aliphatic heterocycles. The third kappa shape index (κ3) is 5.29. The number of nitrogens with two attached hydrogens (primary N) is 1. The average molecular weight is 238 g/mol. The summed E-state index contributed by atoms with van der Waals surface area (Å²) in [6.07, 6.45) is 0.926. The van der Waals surface area contributed by atoms with Crippen molar-refractivity contribution in [2.75, 3.05) is 19.6 Å². The van der Waals surface area contributed by atoms with Crippen LogP contribution < -0.4 is 11.1 Å². The Balaban J connectivity index is 2.22. The second kappa shape index (κ2) is 7.41. The molecule has 0 aliphatic carbocycles. The van der Waals surface area contributed by atoms with Crippen LogP contribution in [0.25, 0.3) is 0 Å². The average Bonchev–Trinajstić information content (AvgIpc) is 2.31. The highest BCUT2D eigenvalue weighted by Crippen LogP contribution is 2.07. The Hall–Kier alpha value is -0.930. The number of halogens is 1. The molecule has 0 spiro atoms. The van der Waals surface area contributed by atoms with Crippen LogP contribution in [-0.4, -0.2) is 19.6 Å². The maximum absolute atomic E-state index is 12.7. The van der Waals surface area contributed by atoms with Crippen molar-refractivity contribution in [3.63, 3.8) is 0 Å². The molecule has 0 aromatic heterocycles. The molecule has 0 fully saturated rings. The van der Waals surface area contributed by atoms with Crippen molar-refractivity contribution in [2.45, 2.75) is 20.3 Å². The molecule has 0 amide bonds. The summed E-state index contributed by atoms with van der Waals surface area (Å²) in [7, 11) is 0. The molecule has 1 atom stereocenters. The van der Waals surface area contributed by atoms with Crippen LogP contribution in [0.5, 0.6) is 0 Å². The lowest BCUT2D eigenvalue weighted by Crippen LogP contribution is -2.32. The molecule has 0 radical (unpaired) electrons. The highest BCUT2D eigenvalue weighted by Gasteiger charge is 2.10. The van der Waals surface area contributed by atoms with Gasteiger partial charge in [-0.1, -0.05) is 26.0 Å². The summed E-state index contributed by atoms with van der Waals surface area (Å²) >= 11 is 0. The van der Waals surface area contributed by atoms with E-state index in [0.717, 1.165) is 31.6 Å². The monoisotopic (exact) mass is 238 g/mol. The zero-order valence-electron chi connectivity index (χ0n) is 10.7. The molecule has 1 aromatic carbocycles. The van der Waals surface area contributed by atoms with Gasteiger partial charge in [0.05, 0.1) is 0 Å². The summed E-state index contributed by atoms with van der Waals surface area (Å²) in [6, 6.07) is 6.68. The predicted molar refractivity (Wildman–Crippen MR) is 70.4 cm³/mol. The Morgan fingerprint density at radius 1 is 1.24 bits per heavy atom. The van der Waals surface area contributed by atoms with Crippen LogP contribution in [0.15, 0.2) is 24.3 Å². The van der Waals surface area contributed by atoms with Crippen LogP contribution in [0, 0.1) is 17.7 Å². The Kier molecular flexibility index (Phi) is 6.16. The number of benzene rings is 1. The van der Waals surface area contributed by atoms with E-state index in [1.165, 1.54) is 12.1 Å². The Bertz CT molecular complexity index is 309. The predicted octanol–water partition coefficient (Wildman–Crippen LogP) is 2.19. The van der Waals surface area contributed by atoms with Gasteiger partial charge in [0.15, 0.2) is 0 Å². The normalized spacial score (nSPS) is 13.0.